The van der Waals surface area contributed by atoms with Crippen molar-refractivity contribution in [1.82, 2.24) is 14.5 Å². The third-order valence-electron chi connectivity index (χ3n) is 4.55. The molecule has 7 nitrogen and oxygen atoms in total. The minimum Gasteiger partial charge on any atom is -0.486 e. The molecule has 0 bridgehead atoms. The summed E-state index contributed by atoms with van der Waals surface area (Å²) < 4.78 is 7.26. The van der Waals surface area contributed by atoms with Gasteiger partial charge in [-0.2, -0.15) is 0 Å². The fourth-order valence-corrected chi connectivity index (χ4v) is 3.67. The van der Waals surface area contributed by atoms with Crippen molar-refractivity contribution in [3.63, 3.8) is 0 Å². The number of nitrogens with zero attached hydrogens (tertiary/aromatic N) is 3. The van der Waals surface area contributed by atoms with E-state index >= 15 is 0 Å². The number of benzene rings is 2. The van der Waals surface area contributed by atoms with Crippen molar-refractivity contribution < 1.29 is 14.3 Å². The Morgan fingerprint density at radius 1 is 1.07 bits per heavy atom. The second kappa shape index (κ2) is 7.47. The van der Waals surface area contributed by atoms with E-state index in [1.165, 1.54) is 9.47 Å². The van der Waals surface area contributed by atoms with Crippen molar-refractivity contribution in [3.8, 4) is 5.75 Å². The summed E-state index contributed by atoms with van der Waals surface area (Å²) in [5, 5.41) is 0.357. The minimum atomic E-state index is -0.214. The maximum absolute atomic E-state index is 12.4. The molecule has 8 heteroatoms. The van der Waals surface area contributed by atoms with Gasteiger partial charge in [-0.15, -0.1) is 0 Å². The van der Waals surface area contributed by atoms with Crippen LogP contribution in [0, 0.1) is 0 Å². The van der Waals surface area contributed by atoms with Crippen LogP contribution in [-0.4, -0.2) is 31.4 Å². The number of hydrogen-bond donors (Lipinski definition) is 0. The first-order valence-corrected chi connectivity index (χ1v) is 9.65. The number of ether oxygens (including phenoxy) is 1. The van der Waals surface area contributed by atoms with Gasteiger partial charge in [0.1, 0.15) is 18.2 Å². The number of imide groups is 1. The highest BCUT2D eigenvalue weighted by molar-refractivity contribution is 8.14. The molecule has 4 rings (SSSR count). The lowest BCUT2D eigenvalue weighted by Crippen LogP contribution is -2.27. The van der Waals surface area contributed by atoms with E-state index in [9.17, 15) is 14.4 Å². The zero-order chi connectivity index (χ0) is 19.7. The molecule has 1 aliphatic rings. The van der Waals surface area contributed by atoms with Gasteiger partial charge in [0.15, 0.2) is 0 Å². The SMILES string of the molecule is Cn1c(COc2ccc(CN3C(=O)CSC3=O)cc2)nc2ccccc2c1=O. The summed E-state index contributed by atoms with van der Waals surface area (Å²) in [7, 11) is 1.67. The van der Waals surface area contributed by atoms with E-state index in [4.69, 9.17) is 4.74 Å². The van der Waals surface area contributed by atoms with Crippen LogP contribution >= 0.6 is 11.8 Å². The van der Waals surface area contributed by atoms with Crippen LogP contribution in [-0.2, 0) is 25.0 Å². The van der Waals surface area contributed by atoms with Crippen molar-refractivity contribution in [3.05, 3.63) is 70.3 Å². The first-order valence-electron chi connectivity index (χ1n) is 8.66. The van der Waals surface area contributed by atoms with E-state index in [1.54, 1.807) is 31.3 Å². The van der Waals surface area contributed by atoms with E-state index in [0.29, 0.717) is 22.5 Å². The summed E-state index contributed by atoms with van der Waals surface area (Å²) in [4.78, 5) is 41.6. The van der Waals surface area contributed by atoms with Gasteiger partial charge in [-0.05, 0) is 29.8 Å². The molecule has 1 aromatic heterocycles. The molecule has 0 atom stereocenters. The molecule has 0 unspecified atom stereocenters. The maximum Gasteiger partial charge on any atom is 0.289 e. The molecular weight excluding hydrogens is 378 g/mol. The third-order valence-corrected chi connectivity index (χ3v) is 5.41. The average molecular weight is 395 g/mol. The van der Waals surface area contributed by atoms with Crippen molar-refractivity contribution in [2.24, 2.45) is 7.05 Å². The number of carbonyl (C=O) groups excluding carboxylic acids is 2. The number of rotatable bonds is 5. The highest BCUT2D eigenvalue weighted by Gasteiger charge is 2.29. The first-order chi connectivity index (χ1) is 13.5. The van der Waals surface area contributed by atoms with Gasteiger partial charge in [-0.3, -0.25) is 23.9 Å². The van der Waals surface area contributed by atoms with E-state index in [1.807, 2.05) is 24.3 Å². The molecule has 0 N–H and O–H groups in total. The lowest BCUT2D eigenvalue weighted by Gasteiger charge is -2.14. The predicted molar refractivity (Wildman–Crippen MR) is 106 cm³/mol. The standard InChI is InChI=1S/C20H17N3O4S/c1-22-17(21-16-5-3-2-4-15(16)19(22)25)11-27-14-8-6-13(7-9-14)10-23-18(24)12-28-20(23)26/h2-9H,10-12H2,1H3. The minimum absolute atomic E-state index is 0.114. The van der Waals surface area contributed by atoms with Gasteiger partial charge in [0.25, 0.3) is 10.8 Å². The summed E-state index contributed by atoms with van der Waals surface area (Å²) in [5.74, 6) is 1.17. The fourth-order valence-electron chi connectivity index (χ4n) is 2.95. The Balaban J connectivity index is 1.46. The molecule has 2 heterocycles. The van der Waals surface area contributed by atoms with Gasteiger partial charge in [0.05, 0.1) is 23.2 Å². The van der Waals surface area contributed by atoms with Crippen LogP contribution in [0.4, 0.5) is 4.79 Å². The largest absolute Gasteiger partial charge is 0.486 e. The predicted octanol–water partition coefficient (Wildman–Crippen LogP) is 2.71. The summed E-state index contributed by atoms with van der Waals surface area (Å²) in [6, 6.07) is 14.4. The Morgan fingerprint density at radius 3 is 2.54 bits per heavy atom. The average Bonchev–Trinajstić information content (AvgIpc) is 3.03. The first kappa shape index (κ1) is 18.2. The van der Waals surface area contributed by atoms with Crippen LogP contribution in [0.15, 0.2) is 53.3 Å². The highest BCUT2D eigenvalue weighted by Crippen LogP contribution is 2.22. The molecule has 142 valence electrons. The number of aromatic nitrogens is 2. The Hall–Kier alpha value is -3.13. The second-order valence-electron chi connectivity index (χ2n) is 6.38. The van der Waals surface area contributed by atoms with Crippen molar-refractivity contribution >= 4 is 33.8 Å². The molecule has 3 aromatic rings. The van der Waals surface area contributed by atoms with Crippen LogP contribution in [0.2, 0.25) is 0 Å². The number of thioether (sulfide) groups is 1. The fraction of sp³-hybridized carbons (Fsp3) is 0.200. The van der Waals surface area contributed by atoms with Gasteiger partial charge >= 0.3 is 0 Å². The number of carbonyl (C=O) groups is 2. The van der Waals surface area contributed by atoms with E-state index in [0.717, 1.165) is 17.3 Å². The van der Waals surface area contributed by atoms with Crippen LogP contribution in [0.25, 0.3) is 10.9 Å². The van der Waals surface area contributed by atoms with Crippen LogP contribution < -0.4 is 10.3 Å². The number of para-hydroxylation sites is 1. The maximum atomic E-state index is 12.4. The summed E-state index contributed by atoms with van der Waals surface area (Å²) in [6.45, 7) is 0.404. The molecule has 2 aromatic carbocycles. The van der Waals surface area contributed by atoms with E-state index < -0.39 is 0 Å². The Morgan fingerprint density at radius 2 is 1.82 bits per heavy atom. The number of hydrogen-bond acceptors (Lipinski definition) is 6. The number of amides is 2. The lowest BCUT2D eigenvalue weighted by molar-refractivity contribution is -0.125. The molecule has 2 amide bonds. The van der Waals surface area contributed by atoms with E-state index in [2.05, 4.69) is 4.98 Å². The normalized spacial score (nSPS) is 14.1. The summed E-state index contributed by atoms with van der Waals surface area (Å²) in [5.41, 5.74) is 1.36. The molecule has 1 aliphatic heterocycles. The molecular formula is C20H17N3O4S. The highest BCUT2D eigenvalue weighted by atomic mass is 32.2. The van der Waals surface area contributed by atoms with Crippen molar-refractivity contribution in [1.29, 1.82) is 0 Å². The van der Waals surface area contributed by atoms with Gasteiger partial charge < -0.3 is 4.74 Å². The zero-order valence-corrected chi connectivity index (χ0v) is 15.9. The Bertz CT molecular complexity index is 1110. The zero-order valence-electron chi connectivity index (χ0n) is 15.1. The molecule has 0 spiro atoms. The van der Waals surface area contributed by atoms with Gasteiger partial charge in [-0.1, -0.05) is 36.0 Å². The van der Waals surface area contributed by atoms with Crippen molar-refractivity contribution in [2.45, 2.75) is 13.2 Å². The van der Waals surface area contributed by atoms with Gasteiger partial charge in [0.2, 0.25) is 5.91 Å². The van der Waals surface area contributed by atoms with E-state index in [-0.39, 0.29) is 35.6 Å². The third kappa shape index (κ3) is 3.50. The molecule has 0 saturated carbocycles. The molecule has 28 heavy (non-hydrogen) atoms. The smallest absolute Gasteiger partial charge is 0.289 e. The quantitative estimate of drug-likeness (QED) is 0.661. The summed E-state index contributed by atoms with van der Waals surface area (Å²) >= 11 is 1.02. The Kier molecular flexibility index (Phi) is 4.87. The molecule has 0 radical (unpaired) electrons. The monoisotopic (exact) mass is 395 g/mol. The lowest BCUT2D eigenvalue weighted by atomic mass is 10.2. The second-order valence-corrected chi connectivity index (χ2v) is 7.30. The Labute approximate surface area is 164 Å². The molecule has 0 aliphatic carbocycles. The van der Waals surface area contributed by atoms with Crippen LogP contribution in [0.1, 0.15) is 11.4 Å². The summed E-state index contributed by atoms with van der Waals surface area (Å²) in [6.07, 6.45) is 0. The van der Waals surface area contributed by atoms with Gasteiger partial charge in [0, 0.05) is 7.05 Å². The van der Waals surface area contributed by atoms with Crippen LogP contribution in [0.5, 0.6) is 5.75 Å². The van der Waals surface area contributed by atoms with Crippen LogP contribution in [0.3, 0.4) is 0 Å². The topological polar surface area (TPSA) is 81.5 Å². The number of fused-ring (bicyclic) bond motifs is 1. The molecule has 1 saturated heterocycles. The molecule has 1 fully saturated rings. The van der Waals surface area contributed by atoms with Gasteiger partial charge in [-0.25, -0.2) is 4.98 Å². The van der Waals surface area contributed by atoms with Crippen molar-refractivity contribution in [2.75, 3.05) is 5.75 Å².